The van der Waals surface area contributed by atoms with E-state index in [0.717, 1.165) is 12.1 Å². The lowest BCUT2D eigenvalue weighted by atomic mass is 10.0. The van der Waals surface area contributed by atoms with Crippen molar-refractivity contribution in [3.8, 4) is 11.5 Å². The molecule has 0 saturated carbocycles. The number of carbonyl (C=O) groups is 2. The number of hydrogen-bond acceptors (Lipinski definition) is 6. The van der Waals surface area contributed by atoms with Crippen LogP contribution in [-0.2, 0) is 0 Å². The molecule has 1 aliphatic rings. The van der Waals surface area contributed by atoms with Crippen molar-refractivity contribution >= 4 is 17.7 Å². The number of hydrogen-bond donors (Lipinski definition) is 2. The van der Waals surface area contributed by atoms with Crippen LogP contribution >= 0.6 is 0 Å². The van der Waals surface area contributed by atoms with Gasteiger partial charge in [0, 0.05) is 24.0 Å². The minimum atomic E-state index is -1.02. The molecule has 0 aliphatic carbocycles. The Kier molecular flexibility index (Phi) is 8.50. The average molecular weight is 469 g/mol. The van der Waals surface area contributed by atoms with Crippen LogP contribution in [0.15, 0.2) is 54.7 Å². The van der Waals surface area contributed by atoms with E-state index in [2.05, 4.69) is 5.43 Å². The third-order valence-corrected chi connectivity index (χ3v) is 5.59. The standard InChI is InChI=1S/C25H32N4O5/c1-27(2)14-6-15-28(25(31)32)20-11-8-18(9-12-20)24(30)29-16-5-7-21(26-29)19-10-13-22(33-3)23(17-19)34-4/h5,8-13,16-17,21,26H,6-7,14-15H2,1-4H3,(H,31,32). The molecule has 2 aromatic carbocycles. The number of amides is 2. The minimum absolute atomic E-state index is 0.118. The fourth-order valence-electron chi connectivity index (χ4n) is 3.78. The van der Waals surface area contributed by atoms with Gasteiger partial charge in [-0.3, -0.25) is 9.69 Å². The van der Waals surface area contributed by atoms with E-state index in [1.54, 1.807) is 44.7 Å². The van der Waals surface area contributed by atoms with E-state index >= 15 is 0 Å². The van der Waals surface area contributed by atoms with Crippen molar-refractivity contribution in [1.82, 2.24) is 15.3 Å². The lowest BCUT2D eigenvalue weighted by Crippen LogP contribution is -2.43. The van der Waals surface area contributed by atoms with Crippen molar-refractivity contribution in [2.75, 3.05) is 46.3 Å². The van der Waals surface area contributed by atoms with E-state index < -0.39 is 6.09 Å². The zero-order valence-electron chi connectivity index (χ0n) is 20.0. The molecule has 182 valence electrons. The molecule has 1 aliphatic heterocycles. The Hall–Kier alpha value is -3.56. The molecule has 1 heterocycles. The SMILES string of the molecule is COc1ccc(C2CC=CN(C(=O)c3ccc(N(CCCN(C)C)C(=O)O)cc3)N2)cc1OC. The highest BCUT2D eigenvalue weighted by atomic mass is 16.5. The molecule has 0 saturated heterocycles. The van der Waals surface area contributed by atoms with Gasteiger partial charge in [-0.05, 0) is 75.4 Å². The molecule has 0 fully saturated rings. The maximum Gasteiger partial charge on any atom is 0.411 e. The zero-order chi connectivity index (χ0) is 24.7. The maximum atomic E-state index is 13.1. The first-order chi connectivity index (χ1) is 16.3. The zero-order valence-corrected chi connectivity index (χ0v) is 20.0. The minimum Gasteiger partial charge on any atom is -0.493 e. The molecule has 1 atom stereocenters. The van der Waals surface area contributed by atoms with Gasteiger partial charge in [0.1, 0.15) is 0 Å². The summed E-state index contributed by atoms with van der Waals surface area (Å²) in [4.78, 5) is 28.1. The Labute approximate surface area is 200 Å². The maximum absolute atomic E-state index is 13.1. The number of rotatable bonds is 9. The summed E-state index contributed by atoms with van der Waals surface area (Å²) in [6, 6.07) is 12.2. The van der Waals surface area contributed by atoms with Crippen molar-refractivity contribution in [2.45, 2.75) is 18.9 Å². The lowest BCUT2D eigenvalue weighted by molar-refractivity contribution is 0.0713. The molecule has 0 aromatic heterocycles. The molecule has 2 N–H and O–H groups in total. The number of nitrogens with zero attached hydrogens (tertiary/aromatic N) is 3. The van der Waals surface area contributed by atoms with Crippen molar-refractivity contribution in [2.24, 2.45) is 0 Å². The van der Waals surface area contributed by atoms with Crippen molar-refractivity contribution < 1.29 is 24.2 Å². The predicted octanol–water partition coefficient (Wildman–Crippen LogP) is 3.75. The molecule has 1 unspecified atom stereocenters. The van der Waals surface area contributed by atoms with Crippen LogP contribution in [0.1, 0.15) is 34.8 Å². The summed E-state index contributed by atoms with van der Waals surface area (Å²) < 4.78 is 10.7. The van der Waals surface area contributed by atoms with Gasteiger partial charge in [-0.15, -0.1) is 0 Å². The van der Waals surface area contributed by atoms with E-state index in [1.807, 2.05) is 43.3 Å². The van der Waals surface area contributed by atoms with E-state index in [1.165, 1.54) is 9.91 Å². The lowest BCUT2D eigenvalue weighted by Gasteiger charge is -2.30. The summed E-state index contributed by atoms with van der Waals surface area (Å²) in [5, 5.41) is 11.0. The van der Waals surface area contributed by atoms with Crippen LogP contribution < -0.4 is 19.8 Å². The summed E-state index contributed by atoms with van der Waals surface area (Å²) in [6.07, 6.45) is 4.04. The first-order valence-corrected chi connectivity index (χ1v) is 11.1. The van der Waals surface area contributed by atoms with Gasteiger partial charge < -0.3 is 19.5 Å². The van der Waals surface area contributed by atoms with Crippen LogP contribution in [0, 0.1) is 0 Å². The van der Waals surface area contributed by atoms with Crippen LogP contribution in [0.2, 0.25) is 0 Å². The molecular formula is C25H32N4O5. The average Bonchev–Trinajstić information content (AvgIpc) is 2.85. The Bertz CT molecular complexity index is 1020. The molecule has 2 amide bonds. The van der Waals surface area contributed by atoms with Gasteiger partial charge in [0.2, 0.25) is 0 Å². The number of benzene rings is 2. The first kappa shape index (κ1) is 25.1. The van der Waals surface area contributed by atoms with Crippen molar-refractivity contribution in [1.29, 1.82) is 0 Å². The second-order valence-corrected chi connectivity index (χ2v) is 8.23. The summed E-state index contributed by atoms with van der Waals surface area (Å²) in [6.45, 7) is 1.17. The van der Waals surface area contributed by atoms with E-state index in [0.29, 0.717) is 42.1 Å². The van der Waals surface area contributed by atoms with E-state index in [9.17, 15) is 14.7 Å². The van der Waals surface area contributed by atoms with Crippen LogP contribution in [0.4, 0.5) is 10.5 Å². The largest absolute Gasteiger partial charge is 0.493 e. The molecular weight excluding hydrogens is 436 g/mol. The number of hydrazine groups is 1. The number of ether oxygens (including phenoxy) is 2. The number of carbonyl (C=O) groups excluding carboxylic acids is 1. The van der Waals surface area contributed by atoms with Gasteiger partial charge in [-0.1, -0.05) is 12.1 Å². The molecule has 0 radical (unpaired) electrons. The Morgan fingerprint density at radius 2 is 1.76 bits per heavy atom. The number of anilines is 1. The van der Waals surface area contributed by atoms with E-state index in [4.69, 9.17) is 9.47 Å². The van der Waals surface area contributed by atoms with Crippen LogP contribution in [0.5, 0.6) is 11.5 Å². The van der Waals surface area contributed by atoms with E-state index in [-0.39, 0.29) is 11.9 Å². The summed E-state index contributed by atoms with van der Waals surface area (Å²) in [5.74, 6) is 1.03. The van der Waals surface area contributed by atoms with Gasteiger partial charge >= 0.3 is 6.09 Å². The van der Waals surface area contributed by atoms with Gasteiger partial charge in [0.15, 0.2) is 11.5 Å². The van der Waals surface area contributed by atoms with Gasteiger partial charge in [0.05, 0.1) is 20.3 Å². The van der Waals surface area contributed by atoms with Crippen LogP contribution in [0.3, 0.4) is 0 Å². The van der Waals surface area contributed by atoms with Gasteiger partial charge in [-0.2, -0.15) is 0 Å². The quantitative estimate of drug-likeness (QED) is 0.579. The second kappa shape index (κ2) is 11.5. The van der Waals surface area contributed by atoms with Crippen LogP contribution in [0.25, 0.3) is 0 Å². The Morgan fingerprint density at radius 1 is 1.06 bits per heavy atom. The molecule has 9 heteroatoms. The Morgan fingerprint density at radius 3 is 2.38 bits per heavy atom. The molecule has 34 heavy (non-hydrogen) atoms. The fraction of sp³-hybridized carbons (Fsp3) is 0.360. The highest BCUT2D eigenvalue weighted by Gasteiger charge is 2.23. The van der Waals surface area contributed by atoms with Crippen LogP contribution in [-0.4, -0.2) is 68.4 Å². The monoisotopic (exact) mass is 468 g/mol. The molecule has 2 aromatic rings. The second-order valence-electron chi connectivity index (χ2n) is 8.23. The highest BCUT2D eigenvalue weighted by molar-refractivity contribution is 5.95. The summed E-state index contributed by atoms with van der Waals surface area (Å²) in [5.41, 5.74) is 5.19. The van der Waals surface area contributed by atoms with Crippen molar-refractivity contribution in [3.63, 3.8) is 0 Å². The normalized spacial score (nSPS) is 15.3. The summed E-state index contributed by atoms with van der Waals surface area (Å²) in [7, 11) is 7.07. The number of nitrogens with one attached hydrogen (secondary N) is 1. The van der Waals surface area contributed by atoms with Crippen molar-refractivity contribution in [3.05, 3.63) is 65.9 Å². The molecule has 3 rings (SSSR count). The first-order valence-electron chi connectivity index (χ1n) is 11.1. The topological polar surface area (TPSA) is 94.6 Å². The molecule has 9 nitrogen and oxygen atoms in total. The molecule has 0 spiro atoms. The van der Waals surface area contributed by atoms with Gasteiger partial charge in [-0.25, -0.2) is 15.2 Å². The molecule has 0 bridgehead atoms. The predicted molar refractivity (Wildman–Crippen MR) is 130 cm³/mol. The highest BCUT2D eigenvalue weighted by Crippen LogP contribution is 2.32. The van der Waals surface area contributed by atoms with Gasteiger partial charge in [0.25, 0.3) is 5.91 Å². The number of methoxy groups -OCH3 is 2. The third-order valence-electron chi connectivity index (χ3n) is 5.59. The third kappa shape index (κ3) is 6.06. The smallest absolute Gasteiger partial charge is 0.411 e. The fourth-order valence-corrected chi connectivity index (χ4v) is 3.78. The Balaban J connectivity index is 1.70. The summed E-state index contributed by atoms with van der Waals surface area (Å²) >= 11 is 0. The number of carboxylic acid groups (broad SMARTS) is 1.